The van der Waals surface area contributed by atoms with E-state index in [0.29, 0.717) is 9.90 Å². The lowest BCUT2D eigenvalue weighted by Crippen LogP contribution is -2.40. The normalized spacial score (nSPS) is 26.8. The van der Waals surface area contributed by atoms with E-state index in [-0.39, 0.29) is 12.0 Å². The maximum atomic E-state index is 11.8. The fourth-order valence-electron chi connectivity index (χ4n) is 3.15. The molecule has 1 fully saturated rings. The number of rotatable bonds is 4. The quantitative estimate of drug-likeness (QED) is 0.830. The van der Waals surface area contributed by atoms with E-state index in [1.54, 1.807) is 6.26 Å². The molecule has 2 aliphatic heterocycles. The largest absolute Gasteiger partial charge is 0.497 e. The van der Waals surface area contributed by atoms with Gasteiger partial charge < -0.3 is 4.74 Å². The smallest absolute Gasteiger partial charge is 0.188 e. The lowest BCUT2D eigenvalue weighted by Gasteiger charge is -2.34. The van der Waals surface area contributed by atoms with Crippen LogP contribution >= 0.6 is 11.5 Å². The van der Waals surface area contributed by atoms with Crippen LogP contribution in [0.5, 0.6) is 0 Å². The predicted molar refractivity (Wildman–Crippen MR) is 84.7 cm³/mol. The van der Waals surface area contributed by atoms with E-state index < -0.39 is 9.84 Å². The summed E-state index contributed by atoms with van der Waals surface area (Å²) in [4.78, 5) is 2.36. The van der Waals surface area contributed by atoms with Gasteiger partial charge in [0, 0.05) is 36.8 Å². The molecule has 8 heteroatoms. The van der Waals surface area contributed by atoms with Gasteiger partial charge in [-0.25, -0.2) is 8.42 Å². The first-order chi connectivity index (χ1) is 10.5. The molecule has 0 radical (unpaired) electrons. The van der Waals surface area contributed by atoms with Crippen LogP contribution in [0, 0.1) is 0 Å². The molecule has 0 bridgehead atoms. The van der Waals surface area contributed by atoms with Gasteiger partial charge in [0.05, 0.1) is 12.0 Å². The average Bonchev–Trinajstić information content (AvgIpc) is 2.98. The monoisotopic (exact) mass is 343 g/mol. The Morgan fingerprint density at radius 3 is 3.05 bits per heavy atom. The van der Waals surface area contributed by atoms with Crippen LogP contribution in [0.25, 0.3) is 0 Å². The third-order valence-corrected chi connectivity index (χ3v) is 6.75. The minimum atomic E-state index is -3.24. The van der Waals surface area contributed by atoms with E-state index in [0.717, 1.165) is 56.9 Å². The summed E-state index contributed by atoms with van der Waals surface area (Å²) in [5.41, 5.74) is 0.654. The fourth-order valence-corrected chi connectivity index (χ4v) is 4.88. The average molecular weight is 343 g/mol. The van der Waals surface area contributed by atoms with Crippen LogP contribution in [-0.4, -0.2) is 54.9 Å². The summed E-state index contributed by atoms with van der Waals surface area (Å²) >= 11 is 0.986. The minimum Gasteiger partial charge on any atom is -0.497 e. The summed E-state index contributed by atoms with van der Waals surface area (Å²) in [5, 5.41) is 4.11. The number of aromatic nitrogens is 2. The van der Waals surface area contributed by atoms with Gasteiger partial charge in [-0.05, 0) is 38.3 Å². The fraction of sp³-hybridized carbons (Fsp3) is 0.714. The van der Waals surface area contributed by atoms with Crippen LogP contribution in [0.2, 0.25) is 0 Å². The second-order valence-electron chi connectivity index (χ2n) is 6.02. The van der Waals surface area contributed by atoms with Crippen molar-refractivity contribution in [3.05, 3.63) is 18.0 Å². The Morgan fingerprint density at radius 1 is 1.45 bits per heavy atom. The number of likely N-dealkylation sites (tertiary alicyclic amines) is 1. The molecule has 3 heterocycles. The zero-order valence-corrected chi connectivity index (χ0v) is 14.3. The maximum Gasteiger partial charge on any atom is 0.188 e. The highest BCUT2D eigenvalue weighted by molar-refractivity contribution is 7.92. The molecule has 1 aromatic heterocycles. The second-order valence-corrected chi connectivity index (χ2v) is 8.99. The number of ether oxygens (including phenoxy) is 1. The first-order valence-electron chi connectivity index (χ1n) is 7.59. The van der Waals surface area contributed by atoms with Crippen molar-refractivity contribution in [3.63, 3.8) is 0 Å². The molecule has 1 saturated heterocycles. The lowest BCUT2D eigenvalue weighted by molar-refractivity contribution is 0.0669. The third kappa shape index (κ3) is 3.67. The number of hydrogen-bond donors (Lipinski definition) is 0. The van der Waals surface area contributed by atoms with Crippen LogP contribution in [0.15, 0.2) is 16.5 Å². The summed E-state index contributed by atoms with van der Waals surface area (Å²) in [6.45, 7) is 2.76. The van der Waals surface area contributed by atoms with Gasteiger partial charge in [-0.3, -0.25) is 4.90 Å². The van der Waals surface area contributed by atoms with E-state index in [1.807, 2.05) is 0 Å². The SMILES string of the molecule is CS(=O)(=O)c1snnc1[C@H]1CCCN(C[C@@H]2CCC=CO2)C1. The Kier molecular flexibility index (Phi) is 4.79. The third-order valence-electron chi connectivity index (χ3n) is 4.19. The Bertz CT molecular complexity index is 642. The second kappa shape index (κ2) is 6.64. The zero-order chi connectivity index (χ0) is 15.6. The number of nitrogens with zero attached hydrogens (tertiary/aromatic N) is 3. The van der Waals surface area contributed by atoms with Gasteiger partial charge in [0.25, 0.3) is 0 Å². The van der Waals surface area contributed by atoms with E-state index >= 15 is 0 Å². The van der Waals surface area contributed by atoms with E-state index in [4.69, 9.17) is 4.74 Å². The molecule has 2 atom stereocenters. The first-order valence-corrected chi connectivity index (χ1v) is 10.3. The molecule has 0 amide bonds. The zero-order valence-electron chi connectivity index (χ0n) is 12.6. The van der Waals surface area contributed by atoms with Crippen LogP contribution < -0.4 is 0 Å². The molecule has 6 nitrogen and oxygen atoms in total. The van der Waals surface area contributed by atoms with Crippen LogP contribution in [0.1, 0.15) is 37.3 Å². The molecule has 0 N–H and O–H groups in total. The van der Waals surface area contributed by atoms with Gasteiger partial charge >= 0.3 is 0 Å². The summed E-state index contributed by atoms with van der Waals surface area (Å²) < 4.78 is 33.5. The van der Waals surface area contributed by atoms with Gasteiger partial charge in [-0.15, -0.1) is 5.10 Å². The van der Waals surface area contributed by atoms with Crippen LogP contribution in [0.4, 0.5) is 0 Å². The number of sulfone groups is 1. The van der Waals surface area contributed by atoms with Crippen molar-refractivity contribution in [2.24, 2.45) is 0 Å². The summed E-state index contributed by atoms with van der Waals surface area (Å²) in [6, 6.07) is 0. The van der Waals surface area contributed by atoms with Gasteiger partial charge in [-0.2, -0.15) is 0 Å². The molecule has 1 aromatic rings. The van der Waals surface area contributed by atoms with Crippen molar-refractivity contribution in [2.45, 2.75) is 41.9 Å². The standard InChI is InChI=1S/C14H21N3O3S2/c1-22(18,19)14-13(15-16-21-14)11-5-4-7-17(9-11)10-12-6-2-3-8-20-12/h3,8,11-12H,2,4-7,9-10H2,1H3/t11-,12-/m0/s1. The molecule has 0 aromatic carbocycles. The Morgan fingerprint density at radius 2 is 2.32 bits per heavy atom. The molecule has 0 unspecified atom stereocenters. The Balaban J connectivity index is 1.68. The van der Waals surface area contributed by atoms with Crippen molar-refractivity contribution in [2.75, 3.05) is 25.9 Å². The highest BCUT2D eigenvalue weighted by atomic mass is 32.2. The highest BCUT2D eigenvalue weighted by Gasteiger charge is 2.30. The summed E-state index contributed by atoms with van der Waals surface area (Å²) in [5.74, 6) is 0.149. The van der Waals surface area contributed by atoms with E-state index in [1.165, 1.54) is 6.26 Å². The van der Waals surface area contributed by atoms with Gasteiger partial charge in [0.15, 0.2) is 14.0 Å². The van der Waals surface area contributed by atoms with Gasteiger partial charge in [-0.1, -0.05) is 4.49 Å². The Hall–Kier alpha value is -0.990. The topological polar surface area (TPSA) is 72.4 Å². The number of hydrogen-bond acceptors (Lipinski definition) is 7. The maximum absolute atomic E-state index is 11.8. The van der Waals surface area contributed by atoms with Crippen molar-refractivity contribution >= 4 is 21.4 Å². The molecule has 0 aliphatic carbocycles. The van der Waals surface area contributed by atoms with Crippen molar-refractivity contribution in [1.82, 2.24) is 14.5 Å². The molecule has 22 heavy (non-hydrogen) atoms. The van der Waals surface area contributed by atoms with Gasteiger partial charge in [0.2, 0.25) is 0 Å². The molecular formula is C14H21N3O3S2. The Labute approximate surface area is 135 Å². The van der Waals surface area contributed by atoms with Crippen molar-refractivity contribution in [1.29, 1.82) is 0 Å². The lowest BCUT2D eigenvalue weighted by atomic mass is 9.95. The first kappa shape index (κ1) is 15.9. The molecule has 0 spiro atoms. The molecule has 0 saturated carbocycles. The molecule has 3 rings (SSSR count). The summed E-state index contributed by atoms with van der Waals surface area (Å²) in [6.07, 6.45) is 9.45. The molecular weight excluding hydrogens is 322 g/mol. The van der Waals surface area contributed by atoms with Crippen LogP contribution in [-0.2, 0) is 14.6 Å². The number of allylic oxidation sites excluding steroid dienone is 1. The number of piperidine rings is 1. The highest BCUT2D eigenvalue weighted by Crippen LogP contribution is 2.32. The molecule has 122 valence electrons. The minimum absolute atomic E-state index is 0.149. The van der Waals surface area contributed by atoms with E-state index in [2.05, 4.69) is 20.6 Å². The van der Waals surface area contributed by atoms with Crippen LogP contribution in [0.3, 0.4) is 0 Å². The van der Waals surface area contributed by atoms with E-state index in [9.17, 15) is 8.42 Å². The van der Waals surface area contributed by atoms with Gasteiger partial charge in [0.1, 0.15) is 6.10 Å². The predicted octanol–water partition coefficient (Wildman–Crippen LogP) is 1.81. The van der Waals surface area contributed by atoms with Crippen molar-refractivity contribution < 1.29 is 13.2 Å². The van der Waals surface area contributed by atoms with Crippen molar-refractivity contribution in [3.8, 4) is 0 Å². The summed E-state index contributed by atoms with van der Waals surface area (Å²) in [7, 11) is -3.24. The molecule has 2 aliphatic rings.